The van der Waals surface area contributed by atoms with Crippen LogP contribution in [0.25, 0.3) is 5.76 Å². The minimum atomic E-state index is -0.645. The Hall–Kier alpha value is -2.20. The Morgan fingerprint density at radius 3 is 1.70 bits per heavy atom. The standard InChI is InChI=1S/C15H9ClF2O2/c16-13(14(19)9-1-5-11(17)6-2-9)15(20)10-3-7-12(18)8-4-10/h1-8,19H. The van der Waals surface area contributed by atoms with Gasteiger partial charge in [0.25, 0.3) is 0 Å². The van der Waals surface area contributed by atoms with Crippen molar-refractivity contribution in [1.29, 1.82) is 0 Å². The highest BCUT2D eigenvalue weighted by molar-refractivity contribution is 6.47. The molecular weight excluding hydrogens is 286 g/mol. The highest BCUT2D eigenvalue weighted by Gasteiger charge is 2.16. The smallest absolute Gasteiger partial charge is 0.208 e. The Morgan fingerprint density at radius 2 is 1.25 bits per heavy atom. The number of aliphatic hydroxyl groups excluding tert-OH is 1. The summed E-state index contributed by atoms with van der Waals surface area (Å²) in [5.74, 6) is -2.05. The lowest BCUT2D eigenvalue weighted by atomic mass is 10.1. The van der Waals surface area contributed by atoms with Crippen LogP contribution in [0.3, 0.4) is 0 Å². The number of hydrogen-bond donors (Lipinski definition) is 1. The first-order chi connectivity index (χ1) is 9.49. The minimum absolute atomic E-state index is 0.144. The molecule has 1 N–H and O–H groups in total. The molecule has 0 amide bonds. The number of rotatable bonds is 3. The Kier molecular flexibility index (Phi) is 4.15. The molecule has 0 aliphatic heterocycles. The van der Waals surface area contributed by atoms with Crippen LogP contribution in [0.2, 0.25) is 0 Å². The van der Waals surface area contributed by atoms with Crippen molar-refractivity contribution in [3.63, 3.8) is 0 Å². The normalized spacial score (nSPS) is 11.9. The molecule has 0 saturated heterocycles. The summed E-state index contributed by atoms with van der Waals surface area (Å²) in [4.78, 5) is 12.0. The summed E-state index contributed by atoms with van der Waals surface area (Å²) in [5.41, 5.74) is 0.358. The topological polar surface area (TPSA) is 37.3 Å². The van der Waals surface area contributed by atoms with Gasteiger partial charge in [-0.25, -0.2) is 8.78 Å². The van der Waals surface area contributed by atoms with Gasteiger partial charge in [-0.05, 0) is 48.5 Å². The lowest BCUT2D eigenvalue weighted by molar-refractivity contribution is 0.104. The van der Waals surface area contributed by atoms with Gasteiger partial charge in [0.05, 0.1) is 0 Å². The van der Waals surface area contributed by atoms with Crippen LogP contribution in [0, 0.1) is 11.6 Å². The molecule has 0 heterocycles. The van der Waals surface area contributed by atoms with Crippen molar-refractivity contribution >= 4 is 23.1 Å². The van der Waals surface area contributed by atoms with Crippen LogP contribution in [0.15, 0.2) is 53.6 Å². The van der Waals surface area contributed by atoms with Crippen LogP contribution in [-0.2, 0) is 0 Å². The molecule has 0 radical (unpaired) electrons. The fourth-order valence-corrected chi connectivity index (χ4v) is 1.79. The summed E-state index contributed by atoms with van der Waals surface area (Å²) in [6.07, 6.45) is 0. The van der Waals surface area contributed by atoms with Crippen LogP contribution in [0.1, 0.15) is 15.9 Å². The van der Waals surface area contributed by atoms with Crippen LogP contribution < -0.4 is 0 Å². The van der Waals surface area contributed by atoms with Gasteiger partial charge in [-0.15, -0.1) is 0 Å². The fraction of sp³-hybridized carbons (Fsp3) is 0. The number of halogens is 3. The van der Waals surface area contributed by atoms with Crippen LogP contribution >= 0.6 is 11.6 Å². The number of ketones is 1. The minimum Gasteiger partial charge on any atom is -0.506 e. The summed E-state index contributed by atoms with van der Waals surface area (Å²) < 4.78 is 25.6. The van der Waals surface area contributed by atoms with E-state index in [1.54, 1.807) is 0 Å². The van der Waals surface area contributed by atoms with E-state index in [4.69, 9.17) is 11.6 Å². The number of hydrogen-bond acceptors (Lipinski definition) is 2. The molecule has 102 valence electrons. The zero-order chi connectivity index (χ0) is 14.7. The van der Waals surface area contributed by atoms with E-state index in [1.807, 2.05) is 0 Å². The van der Waals surface area contributed by atoms with Crippen molar-refractivity contribution in [2.75, 3.05) is 0 Å². The SMILES string of the molecule is O=C(C(Cl)=C(O)c1ccc(F)cc1)c1ccc(F)cc1. The second-order valence-electron chi connectivity index (χ2n) is 4.01. The maximum absolute atomic E-state index is 12.8. The van der Waals surface area contributed by atoms with Gasteiger partial charge in [-0.2, -0.15) is 0 Å². The van der Waals surface area contributed by atoms with Gasteiger partial charge in [0.15, 0.2) is 0 Å². The molecule has 2 aromatic carbocycles. The van der Waals surface area contributed by atoms with Crippen molar-refractivity contribution in [2.24, 2.45) is 0 Å². The number of carbonyl (C=O) groups is 1. The monoisotopic (exact) mass is 294 g/mol. The van der Waals surface area contributed by atoms with E-state index in [1.165, 1.54) is 24.3 Å². The maximum Gasteiger partial charge on any atom is 0.208 e. The Morgan fingerprint density at radius 1 is 0.850 bits per heavy atom. The number of benzene rings is 2. The molecule has 2 rings (SSSR count). The average Bonchev–Trinajstić information content (AvgIpc) is 2.46. The van der Waals surface area contributed by atoms with Gasteiger partial charge in [-0.1, -0.05) is 11.6 Å². The average molecular weight is 295 g/mol. The quantitative estimate of drug-likeness (QED) is 0.520. The van der Waals surface area contributed by atoms with E-state index in [0.29, 0.717) is 0 Å². The van der Waals surface area contributed by atoms with Gasteiger partial charge in [0, 0.05) is 11.1 Å². The first-order valence-corrected chi connectivity index (χ1v) is 6.02. The Labute approximate surface area is 118 Å². The summed E-state index contributed by atoms with van der Waals surface area (Å²) >= 11 is 5.82. The predicted molar refractivity (Wildman–Crippen MR) is 72.5 cm³/mol. The van der Waals surface area contributed by atoms with Crippen molar-refractivity contribution < 1.29 is 18.7 Å². The number of aliphatic hydroxyl groups is 1. The molecule has 0 fully saturated rings. The third kappa shape index (κ3) is 3.03. The van der Waals surface area contributed by atoms with Gasteiger partial charge >= 0.3 is 0 Å². The molecule has 0 atom stereocenters. The van der Waals surface area contributed by atoms with Gasteiger partial charge in [-0.3, -0.25) is 4.79 Å². The van der Waals surface area contributed by atoms with E-state index in [2.05, 4.69) is 0 Å². The second kappa shape index (κ2) is 5.84. The highest BCUT2D eigenvalue weighted by atomic mass is 35.5. The number of Topliss-reactive ketones (excluding diaryl/α,β-unsaturated/α-hetero) is 1. The number of carbonyl (C=O) groups excluding carboxylic acids is 1. The fourth-order valence-electron chi connectivity index (χ4n) is 1.57. The number of allylic oxidation sites excluding steroid dienone is 1. The molecule has 0 unspecified atom stereocenters. The van der Waals surface area contributed by atoms with Crippen molar-refractivity contribution in [2.45, 2.75) is 0 Å². The Balaban J connectivity index is 2.35. The van der Waals surface area contributed by atoms with Gasteiger partial charge in [0.1, 0.15) is 22.4 Å². The molecular formula is C15H9ClF2O2. The van der Waals surface area contributed by atoms with Gasteiger partial charge < -0.3 is 5.11 Å². The summed E-state index contributed by atoms with van der Waals surface area (Å²) in [7, 11) is 0. The van der Waals surface area contributed by atoms with Crippen molar-refractivity contribution in [3.8, 4) is 0 Å². The van der Waals surface area contributed by atoms with Crippen molar-refractivity contribution in [3.05, 3.63) is 76.3 Å². The third-order valence-electron chi connectivity index (χ3n) is 2.63. The first kappa shape index (κ1) is 14.2. The second-order valence-corrected chi connectivity index (χ2v) is 4.38. The Bertz CT molecular complexity index is 661. The molecule has 0 saturated carbocycles. The van der Waals surface area contributed by atoms with E-state index >= 15 is 0 Å². The molecule has 0 aliphatic rings. The summed E-state index contributed by atoms with van der Waals surface area (Å²) in [6.45, 7) is 0. The van der Waals surface area contributed by atoms with Gasteiger partial charge in [0.2, 0.25) is 5.78 Å². The van der Waals surface area contributed by atoms with Crippen LogP contribution in [-0.4, -0.2) is 10.9 Å². The van der Waals surface area contributed by atoms with Crippen LogP contribution in [0.4, 0.5) is 8.78 Å². The molecule has 2 aromatic rings. The van der Waals surface area contributed by atoms with Crippen LogP contribution in [0.5, 0.6) is 0 Å². The zero-order valence-corrected chi connectivity index (χ0v) is 10.9. The molecule has 20 heavy (non-hydrogen) atoms. The lowest BCUT2D eigenvalue weighted by Gasteiger charge is -2.04. The predicted octanol–water partition coefficient (Wildman–Crippen LogP) is 4.31. The molecule has 0 bridgehead atoms. The van der Waals surface area contributed by atoms with E-state index in [-0.39, 0.29) is 11.1 Å². The molecule has 0 spiro atoms. The maximum atomic E-state index is 12.8. The summed E-state index contributed by atoms with van der Waals surface area (Å²) in [6, 6.07) is 9.63. The molecule has 5 heteroatoms. The van der Waals surface area contributed by atoms with E-state index < -0.39 is 28.2 Å². The van der Waals surface area contributed by atoms with Crippen molar-refractivity contribution in [1.82, 2.24) is 0 Å². The van der Waals surface area contributed by atoms with E-state index in [0.717, 1.165) is 24.3 Å². The lowest BCUT2D eigenvalue weighted by Crippen LogP contribution is -2.02. The first-order valence-electron chi connectivity index (χ1n) is 5.64. The highest BCUT2D eigenvalue weighted by Crippen LogP contribution is 2.22. The molecule has 2 nitrogen and oxygen atoms in total. The zero-order valence-electron chi connectivity index (χ0n) is 10.1. The summed E-state index contributed by atoms with van der Waals surface area (Å²) in [5, 5.41) is 9.48. The molecule has 0 aromatic heterocycles. The van der Waals surface area contributed by atoms with E-state index in [9.17, 15) is 18.7 Å². The largest absolute Gasteiger partial charge is 0.506 e. The molecule has 0 aliphatic carbocycles. The third-order valence-corrected chi connectivity index (χ3v) is 2.98.